The highest BCUT2D eigenvalue weighted by Gasteiger charge is 2.19. The van der Waals surface area contributed by atoms with Gasteiger partial charge in [-0.2, -0.15) is 5.10 Å². The molecule has 1 heterocycles. The zero-order valence-electron chi connectivity index (χ0n) is 11.6. The number of nitrogens with zero attached hydrogens (tertiary/aromatic N) is 2. The van der Waals surface area contributed by atoms with E-state index in [9.17, 15) is 0 Å². The molecule has 1 aromatic heterocycles. The average Bonchev–Trinajstić information content (AvgIpc) is 2.95. The molecule has 2 aromatic rings. The van der Waals surface area contributed by atoms with Crippen molar-refractivity contribution < 1.29 is 4.74 Å². The van der Waals surface area contributed by atoms with Crippen LogP contribution in [0.4, 0.5) is 0 Å². The minimum atomic E-state index is 0.292. The minimum absolute atomic E-state index is 0.292. The van der Waals surface area contributed by atoms with Crippen LogP contribution in [0, 0.1) is 0 Å². The molecule has 106 valence electrons. The van der Waals surface area contributed by atoms with E-state index in [0.717, 1.165) is 30.6 Å². The van der Waals surface area contributed by atoms with E-state index in [2.05, 4.69) is 5.10 Å². The molecule has 0 amide bonds. The number of para-hydroxylation sites is 1. The third-order valence-corrected chi connectivity index (χ3v) is 3.80. The Balaban J connectivity index is 1.58. The Morgan fingerprint density at radius 2 is 2.05 bits per heavy atom. The van der Waals surface area contributed by atoms with Gasteiger partial charge in [0, 0.05) is 12.2 Å². The predicted octanol–water partition coefficient (Wildman–Crippen LogP) is 2.66. The van der Waals surface area contributed by atoms with Crippen LogP contribution >= 0.6 is 0 Å². The normalized spacial score (nSPS) is 22.9. The Kier molecular flexibility index (Phi) is 4.14. The molecular formula is C16H21N3O. The van der Waals surface area contributed by atoms with Gasteiger partial charge >= 0.3 is 0 Å². The predicted molar refractivity (Wildman–Crippen MR) is 78.6 cm³/mol. The van der Waals surface area contributed by atoms with E-state index in [1.807, 2.05) is 47.3 Å². The second-order valence-corrected chi connectivity index (χ2v) is 5.45. The van der Waals surface area contributed by atoms with Crippen molar-refractivity contribution in [1.29, 1.82) is 0 Å². The van der Waals surface area contributed by atoms with Crippen molar-refractivity contribution in [3.8, 4) is 5.69 Å². The molecule has 2 N–H and O–H groups in total. The molecule has 1 saturated carbocycles. The first-order valence-electron chi connectivity index (χ1n) is 7.28. The van der Waals surface area contributed by atoms with Gasteiger partial charge in [-0.25, -0.2) is 4.68 Å². The van der Waals surface area contributed by atoms with E-state index < -0.39 is 0 Å². The molecule has 2 atom stereocenters. The third kappa shape index (κ3) is 3.26. The monoisotopic (exact) mass is 271 g/mol. The fraction of sp³-hybridized carbons (Fsp3) is 0.438. The van der Waals surface area contributed by atoms with Gasteiger partial charge in [0.05, 0.1) is 24.1 Å². The molecule has 0 bridgehead atoms. The van der Waals surface area contributed by atoms with Crippen LogP contribution in [-0.4, -0.2) is 21.9 Å². The van der Waals surface area contributed by atoms with E-state index >= 15 is 0 Å². The second-order valence-electron chi connectivity index (χ2n) is 5.45. The summed E-state index contributed by atoms with van der Waals surface area (Å²) in [6.45, 7) is 0.567. The first-order chi connectivity index (χ1) is 9.81. The Labute approximate surface area is 119 Å². The molecule has 1 fully saturated rings. The van der Waals surface area contributed by atoms with E-state index in [1.165, 1.54) is 6.42 Å². The number of ether oxygens (including phenoxy) is 1. The lowest BCUT2D eigenvalue weighted by molar-refractivity contribution is 0.0106. The van der Waals surface area contributed by atoms with Crippen molar-refractivity contribution in [2.75, 3.05) is 0 Å². The molecule has 3 rings (SSSR count). The van der Waals surface area contributed by atoms with Crippen LogP contribution < -0.4 is 5.73 Å². The van der Waals surface area contributed by atoms with Crippen molar-refractivity contribution in [3.63, 3.8) is 0 Å². The van der Waals surface area contributed by atoms with Crippen LogP contribution in [0.15, 0.2) is 42.6 Å². The molecule has 1 aromatic carbocycles. The Hall–Kier alpha value is -1.65. The molecule has 1 aliphatic rings. The summed E-state index contributed by atoms with van der Waals surface area (Å²) < 4.78 is 7.81. The van der Waals surface area contributed by atoms with Gasteiger partial charge in [0.1, 0.15) is 0 Å². The van der Waals surface area contributed by atoms with Gasteiger partial charge in [-0.3, -0.25) is 0 Å². The maximum atomic E-state index is 5.97. The Morgan fingerprint density at radius 1 is 1.20 bits per heavy atom. The molecule has 2 unspecified atom stereocenters. The number of hydrogen-bond acceptors (Lipinski definition) is 3. The van der Waals surface area contributed by atoms with Crippen molar-refractivity contribution in [2.24, 2.45) is 5.73 Å². The molecule has 4 nitrogen and oxygen atoms in total. The number of aromatic nitrogens is 2. The van der Waals surface area contributed by atoms with E-state index in [-0.39, 0.29) is 0 Å². The number of rotatable bonds is 4. The minimum Gasteiger partial charge on any atom is -0.372 e. The lowest BCUT2D eigenvalue weighted by atomic mass is 9.94. The number of nitrogens with two attached hydrogens (primary N) is 1. The van der Waals surface area contributed by atoms with Crippen molar-refractivity contribution in [2.45, 2.75) is 44.4 Å². The molecule has 0 spiro atoms. The molecule has 0 radical (unpaired) electrons. The third-order valence-electron chi connectivity index (χ3n) is 3.80. The standard InChI is InChI=1S/C16H21N3O/c17-13-5-4-8-16(11-13)20-12-14-9-10-19(18-14)15-6-2-1-3-7-15/h1-3,6-7,9-10,13,16H,4-5,8,11-12,17H2. The quantitative estimate of drug-likeness (QED) is 0.930. The summed E-state index contributed by atoms with van der Waals surface area (Å²) in [5.41, 5.74) is 8.01. The lowest BCUT2D eigenvalue weighted by Crippen LogP contribution is -2.32. The highest BCUT2D eigenvalue weighted by molar-refractivity contribution is 5.30. The largest absolute Gasteiger partial charge is 0.372 e. The smallest absolute Gasteiger partial charge is 0.0910 e. The summed E-state index contributed by atoms with van der Waals surface area (Å²) in [6, 6.07) is 12.4. The first-order valence-corrected chi connectivity index (χ1v) is 7.28. The molecule has 0 aliphatic heterocycles. The van der Waals surface area contributed by atoms with Crippen molar-refractivity contribution >= 4 is 0 Å². The van der Waals surface area contributed by atoms with E-state index in [0.29, 0.717) is 18.8 Å². The SMILES string of the molecule is NC1CCCC(OCc2ccn(-c3ccccc3)n2)C1. The van der Waals surface area contributed by atoms with Crippen molar-refractivity contribution in [3.05, 3.63) is 48.3 Å². The average molecular weight is 271 g/mol. The first kappa shape index (κ1) is 13.3. The maximum absolute atomic E-state index is 5.97. The van der Waals surface area contributed by atoms with Crippen LogP contribution in [0.5, 0.6) is 0 Å². The van der Waals surface area contributed by atoms with Crippen LogP contribution in [0.2, 0.25) is 0 Å². The van der Waals surface area contributed by atoms with Crippen LogP contribution in [0.25, 0.3) is 5.69 Å². The zero-order valence-corrected chi connectivity index (χ0v) is 11.6. The highest BCUT2D eigenvalue weighted by Crippen LogP contribution is 2.20. The topological polar surface area (TPSA) is 53.1 Å². The van der Waals surface area contributed by atoms with E-state index in [1.54, 1.807) is 0 Å². The molecule has 20 heavy (non-hydrogen) atoms. The van der Waals surface area contributed by atoms with Gasteiger partial charge in [0.15, 0.2) is 0 Å². The number of hydrogen-bond donors (Lipinski definition) is 1. The summed E-state index contributed by atoms with van der Waals surface area (Å²) in [4.78, 5) is 0. The summed E-state index contributed by atoms with van der Waals surface area (Å²) in [5.74, 6) is 0. The zero-order chi connectivity index (χ0) is 13.8. The number of benzene rings is 1. The van der Waals surface area contributed by atoms with Gasteiger partial charge in [-0.1, -0.05) is 18.2 Å². The van der Waals surface area contributed by atoms with Crippen LogP contribution in [-0.2, 0) is 11.3 Å². The van der Waals surface area contributed by atoms with Gasteiger partial charge in [0.25, 0.3) is 0 Å². The van der Waals surface area contributed by atoms with Crippen molar-refractivity contribution in [1.82, 2.24) is 9.78 Å². The highest BCUT2D eigenvalue weighted by atomic mass is 16.5. The van der Waals surface area contributed by atoms with Gasteiger partial charge in [-0.05, 0) is 43.9 Å². The fourth-order valence-corrected chi connectivity index (χ4v) is 2.70. The molecule has 1 aliphatic carbocycles. The lowest BCUT2D eigenvalue weighted by Gasteiger charge is -2.26. The second kappa shape index (κ2) is 6.20. The summed E-state index contributed by atoms with van der Waals surface area (Å²) >= 11 is 0. The van der Waals surface area contributed by atoms with Gasteiger partial charge in [0.2, 0.25) is 0 Å². The van der Waals surface area contributed by atoms with E-state index in [4.69, 9.17) is 10.5 Å². The molecule has 4 heteroatoms. The van der Waals surface area contributed by atoms with Gasteiger partial charge < -0.3 is 10.5 Å². The fourth-order valence-electron chi connectivity index (χ4n) is 2.70. The molecule has 0 saturated heterocycles. The summed E-state index contributed by atoms with van der Waals surface area (Å²) in [6.07, 6.45) is 6.65. The maximum Gasteiger partial charge on any atom is 0.0910 e. The summed E-state index contributed by atoms with van der Waals surface area (Å²) in [5, 5.41) is 4.54. The van der Waals surface area contributed by atoms with Gasteiger partial charge in [-0.15, -0.1) is 0 Å². The van der Waals surface area contributed by atoms with Crippen LogP contribution in [0.3, 0.4) is 0 Å². The Bertz CT molecular complexity index is 538. The Morgan fingerprint density at radius 3 is 2.85 bits per heavy atom. The molecular weight excluding hydrogens is 250 g/mol. The van der Waals surface area contributed by atoms with Crippen LogP contribution in [0.1, 0.15) is 31.4 Å². The summed E-state index contributed by atoms with van der Waals surface area (Å²) in [7, 11) is 0.